The van der Waals surface area contributed by atoms with Crippen LogP contribution in [-0.4, -0.2) is 28.5 Å². The number of imide groups is 1. The van der Waals surface area contributed by atoms with Crippen molar-refractivity contribution in [2.45, 2.75) is 6.18 Å². The Morgan fingerprint density at radius 1 is 1.10 bits per heavy atom. The van der Waals surface area contributed by atoms with Gasteiger partial charge in [-0.05, 0) is 47.7 Å². The van der Waals surface area contributed by atoms with E-state index in [2.05, 4.69) is 5.32 Å². The molecule has 1 aliphatic heterocycles. The molecule has 0 aliphatic carbocycles. The molecule has 0 aromatic heterocycles. The zero-order valence-corrected chi connectivity index (χ0v) is 16.1. The molecular weight excluding hydrogens is 429 g/mol. The number of halogens is 4. The minimum Gasteiger partial charge on any atom is -0.323 e. The molecule has 2 aromatic rings. The average Bonchev–Trinajstić information content (AvgIpc) is 2.91. The summed E-state index contributed by atoms with van der Waals surface area (Å²) >= 11 is 6.56. The first-order valence-electron chi connectivity index (χ1n) is 8.12. The lowest BCUT2D eigenvalue weighted by Crippen LogP contribution is -2.36. The minimum absolute atomic E-state index is 0.0142. The smallest absolute Gasteiger partial charge is 0.323 e. The van der Waals surface area contributed by atoms with E-state index in [1.165, 1.54) is 18.2 Å². The predicted octanol–water partition coefficient (Wildman–Crippen LogP) is 5.03. The molecule has 2 aromatic carbocycles. The second-order valence-corrected chi connectivity index (χ2v) is 7.32. The van der Waals surface area contributed by atoms with E-state index in [-0.39, 0.29) is 4.91 Å². The van der Waals surface area contributed by atoms with Crippen molar-refractivity contribution in [3.63, 3.8) is 0 Å². The van der Waals surface area contributed by atoms with Crippen molar-refractivity contribution in [3.05, 3.63) is 69.6 Å². The maximum absolute atomic E-state index is 12.6. The van der Waals surface area contributed by atoms with Crippen LogP contribution in [0.15, 0.2) is 53.4 Å². The number of nitrogens with one attached hydrogen (secondary N) is 1. The highest BCUT2D eigenvalue weighted by molar-refractivity contribution is 8.18. The van der Waals surface area contributed by atoms with Gasteiger partial charge in [-0.25, -0.2) is 0 Å². The first kappa shape index (κ1) is 20.9. The number of rotatable bonds is 4. The number of anilines is 1. The van der Waals surface area contributed by atoms with E-state index in [0.717, 1.165) is 17.0 Å². The van der Waals surface area contributed by atoms with Crippen LogP contribution in [-0.2, 0) is 15.8 Å². The van der Waals surface area contributed by atoms with Gasteiger partial charge >= 0.3 is 6.18 Å². The number of hydrogen-bond donors (Lipinski definition) is 1. The minimum atomic E-state index is -4.47. The van der Waals surface area contributed by atoms with Crippen molar-refractivity contribution in [2.75, 3.05) is 11.9 Å². The molecule has 1 N–H and O–H groups in total. The molecule has 1 aliphatic rings. The molecule has 0 radical (unpaired) electrons. The summed E-state index contributed by atoms with van der Waals surface area (Å²) in [5, 5.41) is 2.16. The molecule has 0 atom stereocenters. The summed E-state index contributed by atoms with van der Waals surface area (Å²) in [6.07, 6.45) is -3.16. The fourth-order valence-electron chi connectivity index (χ4n) is 2.45. The highest BCUT2D eigenvalue weighted by Gasteiger charge is 2.36. The van der Waals surface area contributed by atoms with Gasteiger partial charge in [0.15, 0.2) is 0 Å². The topological polar surface area (TPSA) is 66.5 Å². The van der Waals surface area contributed by atoms with E-state index in [9.17, 15) is 27.6 Å². The molecule has 0 bridgehead atoms. The Balaban J connectivity index is 1.70. The molecule has 0 saturated carbocycles. The van der Waals surface area contributed by atoms with Crippen LogP contribution < -0.4 is 5.32 Å². The molecule has 10 heteroatoms. The van der Waals surface area contributed by atoms with Gasteiger partial charge in [0.05, 0.1) is 21.2 Å². The fourth-order valence-corrected chi connectivity index (χ4v) is 3.47. The number of benzene rings is 2. The number of carbonyl (C=O) groups is 3. The lowest BCUT2D eigenvalue weighted by Gasteiger charge is -2.13. The van der Waals surface area contributed by atoms with Crippen LogP contribution >= 0.6 is 23.4 Å². The predicted molar refractivity (Wildman–Crippen MR) is 104 cm³/mol. The number of carbonyl (C=O) groups excluding carboxylic acids is 3. The number of alkyl halides is 3. The number of nitrogens with zero attached hydrogens (tertiary/aromatic N) is 1. The Hall–Kier alpha value is -2.78. The molecule has 3 rings (SSSR count). The molecule has 1 heterocycles. The van der Waals surface area contributed by atoms with Crippen molar-refractivity contribution in [1.29, 1.82) is 0 Å². The maximum Gasteiger partial charge on any atom is 0.416 e. The van der Waals surface area contributed by atoms with E-state index < -0.39 is 35.3 Å². The lowest BCUT2D eigenvalue weighted by molar-refractivity contribution is -0.137. The van der Waals surface area contributed by atoms with Crippen molar-refractivity contribution >= 4 is 52.2 Å². The van der Waals surface area contributed by atoms with Gasteiger partial charge in [0, 0.05) is 0 Å². The van der Waals surface area contributed by atoms with Gasteiger partial charge in [-0.3, -0.25) is 19.3 Å². The van der Waals surface area contributed by atoms with Gasteiger partial charge in [-0.2, -0.15) is 13.2 Å². The molecular formula is C19H12ClF3N2O3S. The summed E-state index contributed by atoms with van der Waals surface area (Å²) in [7, 11) is 0. The summed E-state index contributed by atoms with van der Waals surface area (Å²) in [5.41, 5.74) is -0.158. The van der Waals surface area contributed by atoms with Gasteiger partial charge in [0.25, 0.3) is 11.1 Å². The number of para-hydroxylation sites is 1. The first-order chi connectivity index (χ1) is 13.6. The quantitative estimate of drug-likeness (QED) is 0.677. The molecule has 5 nitrogen and oxygen atoms in total. The molecule has 1 fully saturated rings. The van der Waals surface area contributed by atoms with E-state index in [4.69, 9.17) is 11.6 Å². The van der Waals surface area contributed by atoms with E-state index in [1.54, 1.807) is 24.3 Å². The van der Waals surface area contributed by atoms with Gasteiger partial charge in [-0.1, -0.05) is 35.9 Å². The Bertz CT molecular complexity index is 1010. The van der Waals surface area contributed by atoms with Crippen LogP contribution in [0.2, 0.25) is 5.02 Å². The summed E-state index contributed by atoms with van der Waals surface area (Å²) in [5.74, 6) is -1.31. The van der Waals surface area contributed by atoms with Crippen LogP contribution in [0.3, 0.4) is 0 Å². The fraction of sp³-hybridized carbons (Fsp3) is 0.105. The zero-order valence-electron chi connectivity index (χ0n) is 14.5. The van der Waals surface area contributed by atoms with Gasteiger partial charge < -0.3 is 5.32 Å². The van der Waals surface area contributed by atoms with Crippen LogP contribution in [0, 0.1) is 0 Å². The summed E-state index contributed by atoms with van der Waals surface area (Å²) in [4.78, 5) is 37.5. The Labute approximate surface area is 172 Å². The summed E-state index contributed by atoms with van der Waals surface area (Å²) in [6, 6.07) is 10.6. The van der Waals surface area contributed by atoms with E-state index in [0.29, 0.717) is 28.0 Å². The molecule has 0 spiro atoms. The Morgan fingerprint density at radius 3 is 2.38 bits per heavy atom. The van der Waals surface area contributed by atoms with E-state index >= 15 is 0 Å². The van der Waals surface area contributed by atoms with Gasteiger partial charge in [-0.15, -0.1) is 0 Å². The third kappa shape index (κ3) is 4.99. The third-order valence-electron chi connectivity index (χ3n) is 3.86. The van der Waals surface area contributed by atoms with Crippen LogP contribution in [0.4, 0.5) is 23.7 Å². The maximum atomic E-state index is 12.6. The van der Waals surface area contributed by atoms with Crippen molar-refractivity contribution < 1.29 is 27.6 Å². The van der Waals surface area contributed by atoms with Crippen molar-refractivity contribution in [1.82, 2.24) is 4.90 Å². The number of thioether (sulfide) groups is 1. The van der Waals surface area contributed by atoms with Crippen LogP contribution in [0.1, 0.15) is 11.1 Å². The first-order valence-corrected chi connectivity index (χ1v) is 9.31. The van der Waals surface area contributed by atoms with Gasteiger partial charge in [0.1, 0.15) is 6.54 Å². The molecule has 150 valence electrons. The molecule has 0 unspecified atom stereocenters. The SMILES string of the molecule is O=C(CN1C(=O)S/C(=C/c2ccc(C(F)(F)F)cc2)C1=O)Nc1ccccc1Cl. The Morgan fingerprint density at radius 2 is 1.76 bits per heavy atom. The van der Waals surface area contributed by atoms with Crippen molar-refractivity contribution in [3.8, 4) is 0 Å². The second kappa shape index (κ2) is 8.30. The average molecular weight is 441 g/mol. The lowest BCUT2D eigenvalue weighted by atomic mass is 10.1. The summed E-state index contributed by atoms with van der Waals surface area (Å²) < 4.78 is 37.9. The highest BCUT2D eigenvalue weighted by Crippen LogP contribution is 2.33. The third-order valence-corrected chi connectivity index (χ3v) is 5.10. The van der Waals surface area contributed by atoms with Crippen LogP contribution in [0.25, 0.3) is 6.08 Å². The largest absolute Gasteiger partial charge is 0.416 e. The van der Waals surface area contributed by atoms with Crippen LogP contribution in [0.5, 0.6) is 0 Å². The highest BCUT2D eigenvalue weighted by atomic mass is 35.5. The van der Waals surface area contributed by atoms with Gasteiger partial charge in [0.2, 0.25) is 5.91 Å². The Kier molecular flexibility index (Phi) is 5.99. The standard InChI is InChI=1S/C19H12ClF3N2O3S/c20-13-3-1-2-4-14(13)24-16(26)10-25-17(27)15(29-18(25)28)9-11-5-7-12(8-6-11)19(21,22)23/h1-9H,10H2,(H,24,26)/b15-9+. The second-order valence-electron chi connectivity index (χ2n) is 5.92. The number of amides is 3. The monoisotopic (exact) mass is 440 g/mol. The molecule has 1 saturated heterocycles. The van der Waals surface area contributed by atoms with E-state index in [1.807, 2.05) is 0 Å². The zero-order chi connectivity index (χ0) is 21.2. The normalized spacial score (nSPS) is 15.9. The summed E-state index contributed by atoms with van der Waals surface area (Å²) in [6.45, 7) is -0.514. The molecule has 3 amide bonds. The number of hydrogen-bond acceptors (Lipinski definition) is 4. The molecule has 29 heavy (non-hydrogen) atoms. The van der Waals surface area contributed by atoms with Crippen molar-refractivity contribution in [2.24, 2.45) is 0 Å².